The number of fused-ring (bicyclic) bond motifs is 1. The summed E-state index contributed by atoms with van der Waals surface area (Å²) < 4.78 is 5.67. The van der Waals surface area contributed by atoms with Crippen LogP contribution in [-0.2, 0) is 14.3 Å². The molecule has 0 bridgehead atoms. The van der Waals surface area contributed by atoms with E-state index in [1.807, 2.05) is 12.1 Å². The van der Waals surface area contributed by atoms with Gasteiger partial charge in [-0.3, -0.25) is 14.4 Å². The topological polar surface area (TPSA) is 142 Å². The Hall–Kier alpha value is -2.94. The Morgan fingerprint density at radius 2 is 1.82 bits per heavy atom. The van der Waals surface area contributed by atoms with Gasteiger partial charge in [0.1, 0.15) is 12.6 Å². The fourth-order valence-electron chi connectivity index (χ4n) is 7.61. The fraction of sp³-hybridized carbons (Fsp3) is 0.690. The number of rotatable bonds is 7. The largest absolute Gasteiger partial charge is 0.367 e. The minimum atomic E-state index is -0.758. The monoisotopic (exact) mass is 534 g/mol. The number of piperidine rings is 1. The number of carbonyl (C=O) groups is 3. The molecule has 10 heteroatoms. The zero-order valence-electron chi connectivity index (χ0n) is 22.4. The summed E-state index contributed by atoms with van der Waals surface area (Å²) in [5.41, 5.74) is 17.2. The highest BCUT2D eigenvalue weighted by Crippen LogP contribution is 2.43. The molecule has 5 aliphatic rings. The van der Waals surface area contributed by atoms with E-state index in [9.17, 15) is 14.4 Å². The van der Waals surface area contributed by atoms with Crippen molar-refractivity contribution in [3.8, 4) is 0 Å². The number of carbonyl (C=O) groups excluding carboxylic acids is 3. The standard InChI is InChI=1S/C29H38N6O4/c30-28(37)21-9-6-19(17-10-12-34(13-11-17)20-7-8-20)14-22(21)25(18-4-2-1-3-5-18)29(38)35-15-23(32-33-31)27-26(35)24(36)16-39-27/h6,9,14,17-18,20,23,25-27H,1-5,7-8,10-13,15-16H2,(H2,30,37)/t23-,25-,26+,27+/m0/s1. The Morgan fingerprint density at radius 1 is 1.08 bits per heavy atom. The maximum absolute atomic E-state index is 14.5. The van der Waals surface area contributed by atoms with Gasteiger partial charge in [0.25, 0.3) is 0 Å². The maximum atomic E-state index is 14.5. The van der Waals surface area contributed by atoms with Crippen LogP contribution in [0.3, 0.4) is 0 Å². The number of hydrogen-bond donors (Lipinski definition) is 1. The second-order valence-corrected chi connectivity index (χ2v) is 12.1. The zero-order chi connectivity index (χ0) is 27.1. The molecular formula is C29H38N6O4. The van der Waals surface area contributed by atoms with E-state index < -0.39 is 30.0 Å². The van der Waals surface area contributed by atoms with Gasteiger partial charge >= 0.3 is 0 Å². The number of likely N-dealkylation sites (tertiary alicyclic amines) is 2. The molecular weight excluding hydrogens is 496 g/mol. The van der Waals surface area contributed by atoms with E-state index >= 15 is 0 Å². The van der Waals surface area contributed by atoms with E-state index in [1.165, 1.54) is 12.8 Å². The van der Waals surface area contributed by atoms with Crippen LogP contribution in [0.25, 0.3) is 10.4 Å². The van der Waals surface area contributed by atoms with Gasteiger partial charge in [0.15, 0.2) is 5.78 Å². The average molecular weight is 535 g/mol. The Balaban J connectivity index is 1.36. The van der Waals surface area contributed by atoms with Crippen LogP contribution in [0.2, 0.25) is 0 Å². The van der Waals surface area contributed by atoms with Crippen molar-refractivity contribution >= 4 is 17.6 Å². The second-order valence-electron chi connectivity index (χ2n) is 12.1. The van der Waals surface area contributed by atoms with Crippen LogP contribution in [0, 0.1) is 5.92 Å². The van der Waals surface area contributed by atoms with E-state index in [-0.39, 0.29) is 30.8 Å². The summed E-state index contributed by atoms with van der Waals surface area (Å²) in [6, 6.07) is 5.28. The number of Topliss-reactive ketones (excluding diaryl/α,β-unsaturated/α-hetero) is 1. The number of ether oxygens (including phenoxy) is 1. The van der Waals surface area contributed by atoms with E-state index in [0.717, 1.165) is 69.6 Å². The first-order chi connectivity index (χ1) is 19.0. The van der Waals surface area contributed by atoms with Gasteiger partial charge in [0, 0.05) is 23.1 Å². The number of benzene rings is 1. The van der Waals surface area contributed by atoms with Crippen molar-refractivity contribution in [1.82, 2.24) is 9.80 Å². The van der Waals surface area contributed by atoms with Crippen molar-refractivity contribution in [3.63, 3.8) is 0 Å². The average Bonchev–Trinajstić information content (AvgIpc) is 3.64. The van der Waals surface area contributed by atoms with Crippen LogP contribution < -0.4 is 5.73 Å². The minimum absolute atomic E-state index is 0.0469. The molecule has 5 fully saturated rings. The number of nitrogens with two attached hydrogens (primary N) is 1. The summed E-state index contributed by atoms with van der Waals surface area (Å²) in [5.74, 6) is -1.06. The van der Waals surface area contributed by atoms with Gasteiger partial charge in [-0.1, -0.05) is 36.5 Å². The van der Waals surface area contributed by atoms with Crippen molar-refractivity contribution in [1.29, 1.82) is 0 Å². The first-order valence-electron chi connectivity index (χ1n) is 14.6. The van der Waals surface area contributed by atoms with E-state index in [2.05, 4.69) is 21.0 Å². The highest BCUT2D eigenvalue weighted by Gasteiger charge is 2.53. The van der Waals surface area contributed by atoms with Gasteiger partial charge in [-0.2, -0.15) is 0 Å². The normalized spacial score (nSPS) is 29.2. The lowest BCUT2D eigenvalue weighted by atomic mass is 9.73. The quantitative estimate of drug-likeness (QED) is 0.323. The third-order valence-corrected chi connectivity index (χ3v) is 9.77. The molecule has 0 aromatic heterocycles. The molecule has 2 saturated carbocycles. The van der Waals surface area contributed by atoms with E-state index in [0.29, 0.717) is 17.0 Å². The molecule has 39 heavy (non-hydrogen) atoms. The molecule has 1 aromatic carbocycles. The molecule has 4 atom stereocenters. The number of amides is 2. The first-order valence-corrected chi connectivity index (χ1v) is 14.6. The number of hydrogen-bond acceptors (Lipinski definition) is 6. The number of azide groups is 1. The van der Waals surface area contributed by atoms with Crippen molar-refractivity contribution < 1.29 is 19.1 Å². The van der Waals surface area contributed by atoms with Crippen LogP contribution in [0.4, 0.5) is 0 Å². The molecule has 3 heterocycles. The molecule has 3 saturated heterocycles. The van der Waals surface area contributed by atoms with Gasteiger partial charge in [0.05, 0.1) is 18.1 Å². The third-order valence-electron chi connectivity index (χ3n) is 9.77. The highest BCUT2D eigenvalue weighted by atomic mass is 16.5. The molecule has 3 aliphatic heterocycles. The van der Waals surface area contributed by atoms with Crippen LogP contribution >= 0.6 is 0 Å². The molecule has 2 aliphatic carbocycles. The molecule has 0 radical (unpaired) electrons. The van der Waals surface area contributed by atoms with Crippen molar-refractivity contribution in [2.24, 2.45) is 16.8 Å². The SMILES string of the molecule is [N-]=[N+]=N[C@H]1CN(C(=O)[C@H](c2cc(C3CCN(C4CC4)CC3)ccc2C(N)=O)C2CCCCC2)[C@@H]2C(=O)CO[C@H]12. The minimum Gasteiger partial charge on any atom is -0.367 e. The van der Waals surface area contributed by atoms with Crippen LogP contribution in [0.1, 0.15) is 91.1 Å². The Bertz CT molecular complexity index is 1180. The van der Waals surface area contributed by atoms with Crippen molar-refractivity contribution in [2.75, 3.05) is 26.2 Å². The molecule has 1 aromatic rings. The van der Waals surface area contributed by atoms with E-state index in [1.54, 1.807) is 4.90 Å². The first kappa shape index (κ1) is 26.3. The van der Waals surface area contributed by atoms with Gasteiger partial charge < -0.3 is 20.3 Å². The lowest BCUT2D eigenvalue weighted by Crippen LogP contribution is -2.46. The van der Waals surface area contributed by atoms with Gasteiger partial charge in [-0.05, 0) is 86.2 Å². The predicted molar refractivity (Wildman–Crippen MR) is 144 cm³/mol. The molecule has 0 spiro atoms. The summed E-state index contributed by atoms with van der Waals surface area (Å²) in [6.45, 7) is 2.20. The smallest absolute Gasteiger partial charge is 0.249 e. The summed E-state index contributed by atoms with van der Waals surface area (Å²) in [4.78, 5) is 47.1. The summed E-state index contributed by atoms with van der Waals surface area (Å²) in [5, 5.41) is 3.85. The summed E-state index contributed by atoms with van der Waals surface area (Å²) in [6.07, 6.45) is 9.04. The lowest BCUT2D eigenvalue weighted by molar-refractivity contribution is -0.139. The number of nitrogens with zero attached hydrogens (tertiary/aromatic N) is 5. The Morgan fingerprint density at radius 3 is 2.49 bits per heavy atom. The number of ketones is 1. The fourth-order valence-corrected chi connectivity index (χ4v) is 7.61. The molecule has 2 amide bonds. The van der Waals surface area contributed by atoms with Gasteiger partial charge in [-0.25, -0.2) is 0 Å². The predicted octanol–water partition coefficient (Wildman–Crippen LogP) is 3.65. The molecule has 208 valence electrons. The zero-order valence-corrected chi connectivity index (χ0v) is 22.4. The van der Waals surface area contributed by atoms with Crippen molar-refractivity contribution in [3.05, 3.63) is 45.3 Å². The summed E-state index contributed by atoms with van der Waals surface area (Å²) >= 11 is 0. The summed E-state index contributed by atoms with van der Waals surface area (Å²) in [7, 11) is 0. The Labute approximate surface area is 228 Å². The third kappa shape index (κ3) is 5.06. The van der Waals surface area contributed by atoms with E-state index in [4.69, 9.17) is 16.0 Å². The number of primary amides is 1. The molecule has 6 rings (SSSR count). The lowest BCUT2D eigenvalue weighted by Gasteiger charge is -2.36. The molecule has 2 N–H and O–H groups in total. The molecule has 10 nitrogen and oxygen atoms in total. The molecule has 0 unspecified atom stereocenters. The van der Waals surface area contributed by atoms with Crippen molar-refractivity contribution in [2.45, 2.75) is 93.9 Å². The van der Waals surface area contributed by atoms with Crippen LogP contribution in [0.15, 0.2) is 23.3 Å². The maximum Gasteiger partial charge on any atom is 0.249 e. The van der Waals surface area contributed by atoms with Gasteiger partial charge in [-0.15, -0.1) is 0 Å². The highest BCUT2D eigenvalue weighted by molar-refractivity contribution is 5.99. The van der Waals surface area contributed by atoms with Crippen LogP contribution in [-0.4, -0.2) is 77.9 Å². The Kier molecular flexibility index (Phi) is 7.35. The second kappa shape index (κ2) is 10.9. The van der Waals surface area contributed by atoms with Crippen LogP contribution in [0.5, 0.6) is 0 Å². The van der Waals surface area contributed by atoms with Gasteiger partial charge in [0.2, 0.25) is 11.8 Å².